The molecule has 0 spiro atoms. The third-order valence-corrected chi connectivity index (χ3v) is 2.45. The van der Waals surface area contributed by atoms with Crippen molar-refractivity contribution in [2.75, 3.05) is 6.54 Å². The highest BCUT2D eigenvalue weighted by Crippen LogP contribution is 2.10. The second-order valence-electron chi connectivity index (χ2n) is 4.67. The van der Waals surface area contributed by atoms with E-state index in [-0.39, 0.29) is 30.7 Å². The van der Waals surface area contributed by atoms with E-state index in [2.05, 4.69) is 10.3 Å². The number of carbonyl (C=O) groups is 1. The molecule has 19 heavy (non-hydrogen) atoms. The fourth-order valence-corrected chi connectivity index (χ4v) is 1.36. The Morgan fingerprint density at radius 3 is 2.63 bits per heavy atom. The van der Waals surface area contributed by atoms with Gasteiger partial charge in [0, 0.05) is 19.0 Å². The lowest BCUT2D eigenvalue weighted by atomic mass is 10.1. The van der Waals surface area contributed by atoms with Crippen molar-refractivity contribution in [3.05, 3.63) is 22.1 Å². The molecule has 0 saturated carbocycles. The molecular formula is C10H18ClN5O3. The van der Waals surface area contributed by atoms with Crippen molar-refractivity contribution in [2.45, 2.75) is 32.9 Å². The van der Waals surface area contributed by atoms with Gasteiger partial charge in [-0.25, -0.2) is 0 Å². The number of carbonyl (C=O) groups excluding carboxylic acids is 1. The molecule has 1 heterocycles. The summed E-state index contributed by atoms with van der Waals surface area (Å²) < 4.78 is 1.43. The van der Waals surface area contributed by atoms with Crippen molar-refractivity contribution in [3.8, 4) is 0 Å². The number of amides is 1. The second-order valence-corrected chi connectivity index (χ2v) is 4.67. The topological polar surface area (TPSA) is 116 Å². The van der Waals surface area contributed by atoms with Gasteiger partial charge in [-0.15, -0.1) is 12.4 Å². The zero-order valence-electron chi connectivity index (χ0n) is 11.0. The Hall–Kier alpha value is -1.67. The fourth-order valence-electron chi connectivity index (χ4n) is 1.36. The predicted octanol–water partition coefficient (Wildman–Crippen LogP) is 0.375. The van der Waals surface area contributed by atoms with Crippen LogP contribution in [0.2, 0.25) is 0 Å². The summed E-state index contributed by atoms with van der Waals surface area (Å²) in [4.78, 5) is 25.4. The van der Waals surface area contributed by atoms with Crippen LogP contribution in [0.5, 0.6) is 0 Å². The van der Waals surface area contributed by atoms with Gasteiger partial charge in [-0.1, -0.05) is 0 Å². The number of imidazole rings is 1. The number of nitrogens with one attached hydrogen (secondary N) is 1. The van der Waals surface area contributed by atoms with Crippen molar-refractivity contribution in [1.29, 1.82) is 0 Å². The average molecular weight is 292 g/mol. The van der Waals surface area contributed by atoms with E-state index in [4.69, 9.17) is 5.73 Å². The van der Waals surface area contributed by atoms with E-state index in [1.165, 1.54) is 10.8 Å². The summed E-state index contributed by atoms with van der Waals surface area (Å²) in [7, 11) is 0. The van der Waals surface area contributed by atoms with Crippen LogP contribution in [0.3, 0.4) is 0 Å². The lowest BCUT2D eigenvalue weighted by Crippen LogP contribution is -2.49. The molecule has 0 bridgehead atoms. The number of hydrogen-bond donors (Lipinski definition) is 2. The van der Waals surface area contributed by atoms with E-state index in [0.717, 1.165) is 0 Å². The molecule has 1 aromatic rings. The summed E-state index contributed by atoms with van der Waals surface area (Å²) >= 11 is 0. The Morgan fingerprint density at radius 1 is 1.63 bits per heavy atom. The SMILES string of the molecule is Cc1nc([N+](=O)[O-])cn1CC(=O)NC(C)(C)CN.Cl. The summed E-state index contributed by atoms with van der Waals surface area (Å²) in [5.74, 6) is -0.110. The van der Waals surface area contributed by atoms with Crippen LogP contribution in [0.15, 0.2) is 6.20 Å². The number of hydrogen-bond acceptors (Lipinski definition) is 5. The van der Waals surface area contributed by atoms with E-state index in [1.54, 1.807) is 20.8 Å². The highest BCUT2D eigenvalue weighted by Gasteiger charge is 2.21. The lowest BCUT2D eigenvalue weighted by Gasteiger charge is -2.24. The van der Waals surface area contributed by atoms with Gasteiger partial charge in [0.2, 0.25) is 11.7 Å². The van der Waals surface area contributed by atoms with Crippen LogP contribution in [0.1, 0.15) is 19.7 Å². The summed E-state index contributed by atoms with van der Waals surface area (Å²) in [6, 6.07) is 0. The number of nitro groups is 1. The maximum atomic E-state index is 11.7. The van der Waals surface area contributed by atoms with Crippen LogP contribution < -0.4 is 11.1 Å². The Labute approximate surface area is 116 Å². The molecule has 0 aliphatic heterocycles. The third kappa shape index (κ3) is 4.84. The monoisotopic (exact) mass is 291 g/mol. The molecule has 0 radical (unpaired) electrons. The zero-order chi connectivity index (χ0) is 13.9. The molecule has 0 atom stereocenters. The number of nitrogens with two attached hydrogens (primary N) is 1. The van der Waals surface area contributed by atoms with Crippen molar-refractivity contribution < 1.29 is 9.72 Å². The first kappa shape index (κ1) is 17.3. The number of aromatic nitrogens is 2. The molecule has 1 amide bonds. The van der Waals surface area contributed by atoms with Gasteiger partial charge in [0.05, 0.1) is 0 Å². The van der Waals surface area contributed by atoms with Crippen molar-refractivity contribution >= 4 is 24.1 Å². The Balaban J connectivity index is 0.00000324. The predicted molar refractivity (Wildman–Crippen MR) is 72.1 cm³/mol. The van der Waals surface area contributed by atoms with Crippen LogP contribution >= 0.6 is 12.4 Å². The van der Waals surface area contributed by atoms with Gasteiger partial charge in [0.1, 0.15) is 12.7 Å². The summed E-state index contributed by atoms with van der Waals surface area (Å²) in [6.07, 6.45) is 1.24. The molecule has 0 aliphatic rings. The molecule has 0 unspecified atom stereocenters. The molecule has 3 N–H and O–H groups in total. The molecule has 8 nitrogen and oxygen atoms in total. The normalized spacial score (nSPS) is 10.7. The van der Waals surface area contributed by atoms with Gasteiger partial charge in [0.15, 0.2) is 0 Å². The van der Waals surface area contributed by atoms with Gasteiger partial charge in [-0.05, 0) is 23.8 Å². The van der Waals surface area contributed by atoms with E-state index >= 15 is 0 Å². The molecule has 0 saturated heterocycles. The minimum absolute atomic E-state index is 0. The summed E-state index contributed by atoms with van der Waals surface area (Å²) in [6.45, 7) is 5.49. The zero-order valence-corrected chi connectivity index (χ0v) is 11.9. The minimum Gasteiger partial charge on any atom is -0.358 e. The van der Waals surface area contributed by atoms with Crippen molar-refractivity contribution in [3.63, 3.8) is 0 Å². The van der Waals surface area contributed by atoms with Crippen LogP contribution in [-0.4, -0.2) is 32.5 Å². The molecule has 108 valence electrons. The van der Waals surface area contributed by atoms with Crippen LogP contribution in [0, 0.1) is 17.0 Å². The molecular weight excluding hydrogens is 274 g/mol. The molecule has 9 heteroatoms. The maximum Gasteiger partial charge on any atom is 0.381 e. The first-order chi connectivity index (χ1) is 8.25. The smallest absolute Gasteiger partial charge is 0.358 e. The number of rotatable bonds is 5. The molecule has 1 aromatic heterocycles. The van der Waals surface area contributed by atoms with E-state index in [9.17, 15) is 14.9 Å². The van der Waals surface area contributed by atoms with Crippen molar-refractivity contribution in [2.24, 2.45) is 5.73 Å². The molecule has 0 aliphatic carbocycles. The second kappa shape index (κ2) is 6.48. The average Bonchev–Trinajstić information content (AvgIpc) is 2.59. The van der Waals surface area contributed by atoms with Crippen LogP contribution in [-0.2, 0) is 11.3 Å². The molecule has 0 aromatic carbocycles. The Morgan fingerprint density at radius 2 is 2.21 bits per heavy atom. The summed E-state index contributed by atoms with van der Waals surface area (Å²) in [5, 5.41) is 13.3. The van der Waals surface area contributed by atoms with Crippen LogP contribution in [0.4, 0.5) is 5.82 Å². The largest absolute Gasteiger partial charge is 0.381 e. The highest BCUT2D eigenvalue weighted by atomic mass is 35.5. The number of halogens is 1. The molecule has 1 rings (SSSR count). The third-order valence-electron chi connectivity index (χ3n) is 2.45. The van der Waals surface area contributed by atoms with E-state index in [1.807, 2.05) is 0 Å². The number of aryl methyl sites for hydroxylation is 1. The number of nitrogens with zero attached hydrogens (tertiary/aromatic N) is 3. The van der Waals surface area contributed by atoms with E-state index < -0.39 is 10.5 Å². The van der Waals surface area contributed by atoms with E-state index in [0.29, 0.717) is 12.4 Å². The summed E-state index contributed by atoms with van der Waals surface area (Å²) in [5.41, 5.74) is 5.00. The first-order valence-corrected chi connectivity index (χ1v) is 5.44. The Kier molecular flexibility index (Phi) is 5.91. The quantitative estimate of drug-likeness (QED) is 0.601. The van der Waals surface area contributed by atoms with Gasteiger partial charge in [0.25, 0.3) is 0 Å². The van der Waals surface area contributed by atoms with Gasteiger partial charge >= 0.3 is 5.82 Å². The molecule has 0 fully saturated rings. The fraction of sp³-hybridized carbons (Fsp3) is 0.600. The first-order valence-electron chi connectivity index (χ1n) is 5.44. The highest BCUT2D eigenvalue weighted by molar-refractivity contribution is 5.85. The Bertz CT molecular complexity index is 472. The van der Waals surface area contributed by atoms with Crippen molar-refractivity contribution in [1.82, 2.24) is 14.9 Å². The standard InChI is InChI=1S/C10H17N5O3.ClH/c1-7-12-8(15(17)18)4-14(7)5-9(16)13-10(2,3)6-11;/h4H,5-6,11H2,1-3H3,(H,13,16);1H. The van der Waals surface area contributed by atoms with Gasteiger partial charge in [-0.3, -0.25) is 9.36 Å². The van der Waals surface area contributed by atoms with Crippen LogP contribution in [0.25, 0.3) is 0 Å². The lowest BCUT2D eigenvalue weighted by molar-refractivity contribution is -0.389. The maximum absolute atomic E-state index is 11.7. The van der Waals surface area contributed by atoms with Gasteiger partial charge in [-0.2, -0.15) is 0 Å². The van der Waals surface area contributed by atoms with Gasteiger partial charge < -0.3 is 21.2 Å². The minimum atomic E-state index is -0.592.